The molecule has 1 N–H and O–H groups in total. The summed E-state index contributed by atoms with van der Waals surface area (Å²) in [5, 5.41) is 12.7. The van der Waals surface area contributed by atoms with Crippen LogP contribution in [0.3, 0.4) is 0 Å². The van der Waals surface area contributed by atoms with Crippen LogP contribution in [0.4, 0.5) is 0 Å². The van der Waals surface area contributed by atoms with E-state index in [0.29, 0.717) is 0 Å². The molecule has 1 nitrogen and oxygen atoms in total. The molecule has 0 heterocycles. The van der Waals surface area contributed by atoms with Crippen LogP contribution in [0.15, 0.2) is 40.9 Å². The van der Waals surface area contributed by atoms with E-state index in [4.69, 9.17) is 0 Å². The molecule has 0 aliphatic heterocycles. The van der Waals surface area contributed by atoms with Gasteiger partial charge in [-0.3, -0.25) is 0 Å². The SMILES string of the molecule is CC(C)(C)CC(O)c1ccc(Br)c2ccccc12. The fourth-order valence-corrected chi connectivity index (χ4v) is 2.74. The molecule has 0 amide bonds. The molecule has 0 aliphatic rings. The fraction of sp³-hybridized carbons (Fsp3) is 0.375. The van der Waals surface area contributed by atoms with E-state index in [9.17, 15) is 5.11 Å². The van der Waals surface area contributed by atoms with Crippen molar-refractivity contribution in [3.63, 3.8) is 0 Å². The number of halogens is 1. The summed E-state index contributed by atoms with van der Waals surface area (Å²) in [5.41, 5.74) is 1.14. The van der Waals surface area contributed by atoms with Crippen molar-refractivity contribution in [2.24, 2.45) is 5.41 Å². The van der Waals surface area contributed by atoms with Gasteiger partial charge in [-0.05, 0) is 34.2 Å². The Hall–Kier alpha value is -0.860. The molecule has 2 aromatic rings. The molecule has 18 heavy (non-hydrogen) atoms. The Labute approximate surface area is 117 Å². The predicted molar refractivity (Wildman–Crippen MR) is 80.7 cm³/mol. The largest absolute Gasteiger partial charge is 0.388 e. The van der Waals surface area contributed by atoms with Crippen molar-refractivity contribution < 1.29 is 5.11 Å². The molecular formula is C16H19BrO. The Bertz CT molecular complexity index is 555. The van der Waals surface area contributed by atoms with Crippen LogP contribution in [0.5, 0.6) is 0 Å². The van der Waals surface area contributed by atoms with Crippen LogP contribution in [0.1, 0.15) is 38.9 Å². The quantitative estimate of drug-likeness (QED) is 0.821. The zero-order chi connectivity index (χ0) is 13.3. The van der Waals surface area contributed by atoms with E-state index in [-0.39, 0.29) is 5.41 Å². The van der Waals surface area contributed by atoms with Crippen molar-refractivity contribution in [3.05, 3.63) is 46.4 Å². The van der Waals surface area contributed by atoms with Gasteiger partial charge in [-0.2, -0.15) is 0 Å². The number of benzene rings is 2. The fourth-order valence-electron chi connectivity index (χ4n) is 2.27. The van der Waals surface area contributed by atoms with E-state index >= 15 is 0 Å². The Kier molecular flexibility index (Phi) is 3.79. The van der Waals surface area contributed by atoms with E-state index in [2.05, 4.69) is 48.8 Å². The minimum atomic E-state index is -0.414. The predicted octanol–water partition coefficient (Wildman–Crippen LogP) is 5.07. The van der Waals surface area contributed by atoms with E-state index in [1.807, 2.05) is 24.3 Å². The lowest BCUT2D eigenvalue weighted by molar-refractivity contribution is 0.123. The first-order valence-corrected chi connectivity index (χ1v) is 7.03. The molecule has 0 aliphatic carbocycles. The molecule has 0 aromatic heterocycles. The molecule has 0 radical (unpaired) electrons. The maximum absolute atomic E-state index is 10.4. The van der Waals surface area contributed by atoms with Gasteiger partial charge in [-0.15, -0.1) is 0 Å². The second-order valence-electron chi connectivity index (χ2n) is 5.96. The van der Waals surface area contributed by atoms with Crippen molar-refractivity contribution in [2.75, 3.05) is 0 Å². The summed E-state index contributed by atoms with van der Waals surface area (Å²) in [6, 6.07) is 12.2. The van der Waals surface area contributed by atoms with Crippen LogP contribution in [-0.2, 0) is 0 Å². The van der Waals surface area contributed by atoms with Crippen LogP contribution < -0.4 is 0 Å². The lowest BCUT2D eigenvalue weighted by Gasteiger charge is -2.23. The summed E-state index contributed by atoms with van der Waals surface area (Å²) < 4.78 is 1.07. The topological polar surface area (TPSA) is 20.2 Å². The zero-order valence-electron chi connectivity index (χ0n) is 11.1. The maximum Gasteiger partial charge on any atom is 0.0801 e. The average molecular weight is 307 g/mol. The first-order chi connectivity index (χ1) is 8.38. The van der Waals surface area contributed by atoms with Gasteiger partial charge >= 0.3 is 0 Å². The molecule has 1 unspecified atom stereocenters. The van der Waals surface area contributed by atoms with E-state index in [1.54, 1.807) is 0 Å². The number of hydrogen-bond donors (Lipinski definition) is 1. The first kappa shape index (κ1) is 13.6. The number of aliphatic hydroxyl groups excluding tert-OH is 1. The summed E-state index contributed by atoms with van der Waals surface area (Å²) in [6.07, 6.45) is 0.349. The van der Waals surface area contributed by atoms with Crippen molar-refractivity contribution in [1.82, 2.24) is 0 Å². The summed E-state index contributed by atoms with van der Waals surface area (Å²) in [4.78, 5) is 0. The minimum absolute atomic E-state index is 0.119. The van der Waals surface area contributed by atoms with Crippen molar-refractivity contribution >= 4 is 26.7 Å². The highest BCUT2D eigenvalue weighted by atomic mass is 79.9. The Morgan fingerprint density at radius 3 is 2.28 bits per heavy atom. The van der Waals surface area contributed by atoms with Gasteiger partial charge in [0.1, 0.15) is 0 Å². The summed E-state index contributed by atoms with van der Waals surface area (Å²) >= 11 is 3.56. The molecule has 2 heteroatoms. The minimum Gasteiger partial charge on any atom is -0.388 e. The third kappa shape index (κ3) is 2.93. The molecule has 0 fully saturated rings. The molecule has 1 atom stereocenters. The molecule has 2 rings (SSSR count). The lowest BCUT2D eigenvalue weighted by Crippen LogP contribution is -2.11. The van der Waals surface area contributed by atoms with Crippen molar-refractivity contribution in [1.29, 1.82) is 0 Å². The van der Waals surface area contributed by atoms with Crippen LogP contribution >= 0.6 is 15.9 Å². The number of aliphatic hydroxyl groups is 1. The highest BCUT2D eigenvalue weighted by Gasteiger charge is 2.19. The van der Waals surface area contributed by atoms with Crippen LogP contribution in [0, 0.1) is 5.41 Å². The standard InChI is InChI=1S/C16H19BrO/c1-16(2,3)10-15(18)13-8-9-14(17)12-7-5-4-6-11(12)13/h4-9,15,18H,10H2,1-3H3. The summed E-state index contributed by atoms with van der Waals surface area (Å²) in [5.74, 6) is 0. The van der Waals surface area contributed by atoms with Crippen LogP contribution in [-0.4, -0.2) is 5.11 Å². The number of rotatable bonds is 2. The maximum atomic E-state index is 10.4. The van der Waals surface area contributed by atoms with Gasteiger partial charge in [0, 0.05) is 4.47 Å². The van der Waals surface area contributed by atoms with Crippen LogP contribution in [0.2, 0.25) is 0 Å². The molecular weight excluding hydrogens is 288 g/mol. The third-order valence-electron chi connectivity index (χ3n) is 3.07. The normalized spacial score (nSPS) is 13.8. The molecule has 0 saturated carbocycles. The monoisotopic (exact) mass is 306 g/mol. The van der Waals surface area contributed by atoms with Gasteiger partial charge < -0.3 is 5.11 Å². The van der Waals surface area contributed by atoms with Crippen molar-refractivity contribution in [2.45, 2.75) is 33.3 Å². The second kappa shape index (κ2) is 5.02. The molecule has 2 aromatic carbocycles. The molecule has 0 saturated heterocycles. The van der Waals surface area contributed by atoms with Gasteiger partial charge in [0.05, 0.1) is 6.10 Å². The highest BCUT2D eigenvalue weighted by molar-refractivity contribution is 9.10. The summed E-state index contributed by atoms with van der Waals surface area (Å²) in [7, 11) is 0. The molecule has 0 spiro atoms. The second-order valence-corrected chi connectivity index (χ2v) is 6.82. The lowest BCUT2D eigenvalue weighted by atomic mass is 9.85. The van der Waals surface area contributed by atoms with E-state index < -0.39 is 6.10 Å². The number of fused-ring (bicyclic) bond motifs is 1. The molecule has 0 bridgehead atoms. The van der Waals surface area contributed by atoms with Gasteiger partial charge in [0.15, 0.2) is 0 Å². The third-order valence-corrected chi connectivity index (χ3v) is 3.76. The van der Waals surface area contributed by atoms with Crippen LogP contribution in [0.25, 0.3) is 10.8 Å². The van der Waals surface area contributed by atoms with Gasteiger partial charge in [0.2, 0.25) is 0 Å². The van der Waals surface area contributed by atoms with Crippen molar-refractivity contribution in [3.8, 4) is 0 Å². The first-order valence-electron chi connectivity index (χ1n) is 6.24. The number of hydrogen-bond acceptors (Lipinski definition) is 1. The van der Waals surface area contributed by atoms with E-state index in [0.717, 1.165) is 27.2 Å². The zero-order valence-corrected chi connectivity index (χ0v) is 12.7. The van der Waals surface area contributed by atoms with E-state index in [1.165, 1.54) is 0 Å². The Morgan fingerprint density at radius 1 is 1.06 bits per heavy atom. The average Bonchev–Trinajstić information content (AvgIpc) is 2.27. The smallest absolute Gasteiger partial charge is 0.0801 e. The Morgan fingerprint density at radius 2 is 1.67 bits per heavy atom. The van der Waals surface area contributed by atoms with Gasteiger partial charge in [-0.25, -0.2) is 0 Å². The van der Waals surface area contributed by atoms with Gasteiger partial charge in [-0.1, -0.05) is 67.0 Å². The van der Waals surface area contributed by atoms with Gasteiger partial charge in [0.25, 0.3) is 0 Å². The highest BCUT2D eigenvalue weighted by Crippen LogP contribution is 2.35. The Balaban J connectivity index is 2.49. The summed E-state index contributed by atoms with van der Waals surface area (Å²) in [6.45, 7) is 6.45. The molecule has 96 valence electrons.